The molecule has 0 amide bonds. The number of carbonyl (C=O) groups excluding carboxylic acids is 1. The fraction of sp³-hybridized carbons (Fsp3) is 0.545. The van der Waals surface area contributed by atoms with Gasteiger partial charge in [0.05, 0.1) is 6.26 Å². The molecule has 2 bridgehead atoms. The fourth-order valence-electron chi connectivity index (χ4n) is 2.42. The Kier molecular flexibility index (Phi) is 2.21. The van der Waals surface area contributed by atoms with Crippen LogP contribution in [0.5, 0.6) is 0 Å². The Labute approximate surface area is 78.3 Å². The van der Waals surface area contributed by atoms with Crippen LogP contribution in [-0.2, 0) is 9.53 Å². The van der Waals surface area contributed by atoms with Gasteiger partial charge in [-0.1, -0.05) is 6.58 Å². The monoisotopic (exact) mass is 178 g/mol. The molecule has 2 aliphatic rings. The topological polar surface area (TPSA) is 26.3 Å². The molecule has 0 aromatic carbocycles. The molecule has 2 fully saturated rings. The van der Waals surface area contributed by atoms with E-state index < -0.39 is 0 Å². The van der Waals surface area contributed by atoms with Gasteiger partial charge in [-0.2, -0.15) is 0 Å². The van der Waals surface area contributed by atoms with Crippen molar-refractivity contribution in [1.29, 1.82) is 0 Å². The van der Waals surface area contributed by atoms with Crippen LogP contribution in [0.1, 0.15) is 25.7 Å². The van der Waals surface area contributed by atoms with Crippen LogP contribution in [0.3, 0.4) is 0 Å². The molecule has 2 rings (SSSR count). The summed E-state index contributed by atoms with van der Waals surface area (Å²) in [6.07, 6.45) is 7.92. The maximum atomic E-state index is 10.8. The van der Waals surface area contributed by atoms with Crippen LogP contribution in [0, 0.1) is 11.8 Å². The van der Waals surface area contributed by atoms with Crippen LogP contribution in [0.15, 0.2) is 24.5 Å². The number of fused-ring (bicyclic) bond motifs is 2. The predicted octanol–water partition coefficient (Wildman–Crippen LogP) is 2.42. The lowest BCUT2D eigenvalue weighted by Crippen LogP contribution is -2.01. The maximum absolute atomic E-state index is 10.8. The molecular formula is C11H14O2. The highest BCUT2D eigenvalue weighted by Crippen LogP contribution is 2.47. The minimum absolute atomic E-state index is 0.352. The van der Waals surface area contributed by atoms with E-state index in [0.29, 0.717) is 5.92 Å². The largest absolute Gasteiger partial charge is 0.431 e. The van der Waals surface area contributed by atoms with E-state index >= 15 is 0 Å². The Bertz CT molecular complexity index is 265. The first-order valence-corrected chi connectivity index (χ1v) is 4.81. The molecular weight excluding hydrogens is 164 g/mol. The number of rotatable bonds is 2. The van der Waals surface area contributed by atoms with Crippen LogP contribution in [0.25, 0.3) is 0 Å². The summed E-state index contributed by atoms with van der Waals surface area (Å²) in [4.78, 5) is 10.8. The Balaban J connectivity index is 1.94. The van der Waals surface area contributed by atoms with Gasteiger partial charge in [-0.15, -0.1) is 0 Å². The van der Waals surface area contributed by atoms with Gasteiger partial charge in [-0.05, 0) is 43.1 Å². The normalized spacial score (nSPS) is 33.7. The van der Waals surface area contributed by atoms with E-state index in [9.17, 15) is 4.79 Å². The molecule has 0 saturated heterocycles. The number of esters is 1. The molecule has 0 aromatic rings. The SMILES string of the molecule is C=CC(=O)OC=C1CC2CCC1C2. The quantitative estimate of drug-likeness (QED) is 0.369. The van der Waals surface area contributed by atoms with E-state index in [4.69, 9.17) is 4.74 Å². The summed E-state index contributed by atoms with van der Waals surface area (Å²) in [5, 5.41) is 0. The lowest BCUT2D eigenvalue weighted by Gasteiger charge is -2.11. The van der Waals surface area contributed by atoms with Crippen molar-refractivity contribution >= 4 is 5.97 Å². The minimum atomic E-state index is -0.352. The summed E-state index contributed by atoms with van der Waals surface area (Å²) in [5.41, 5.74) is 1.33. The second kappa shape index (κ2) is 3.36. The summed E-state index contributed by atoms with van der Waals surface area (Å²) < 4.78 is 4.91. The van der Waals surface area contributed by atoms with Gasteiger partial charge >= 0.3 is 5.97 Å². The number of hydrogen-bond donors (Lipinski definition) is 0. The van der Waals surface area contributed by atoms with Gasteiger partial charge in [0.25, 0.3) is 0 Å². The van der Waals surface area contributed by atoms with Gasteiger partial charge in [0.15, 0.2) is 0 Å². The van der Waals surface area contributed by atoms with Crippen molar-refractivity contribution in [3.8, 4) is 0 Å². The third-order valence-electron chi connectivity index (χ3n) is 3.08. The van der Waals surface area contributed by atoms with Gasteiger partial charge in [-0.3, -0.25) is 0 Å². The molecule has 70 valence electrons. The molecule has 0 N–H and O–H groups in total. The van der Waals surface area contributed by atoms with Crippen molar-refractivity contribution in [2.75, 3.05) is 0 Å². The summed E-state index contributed by atoms with van der Waals surface area (Å²) in [6.45, 7) is 3.35. The van der Waals surface area contributed by atoms with Crippen LogP contribution >= 0.6 is 0 Å². The number of carbonyl (C=O) groups is 1. The van der Waals surface area contributed by atoms with Crippen molar-refractivity contribution in [3.05, 3.63) is 24.5 Å². The Morgan fingerprint density at radius 1 is 1.54 bits per heavy atom. The molecule has 2 aliphatic carbocycles. The highest BCUT2D eigenvalue weighted by atomic mass is 16.5. The zero-order valence-corrected chi connectivity index (χ0v) is 7.66. The van der Waals surface area contributed by atoms with Gasteiger partial charge in [-0.25, -0.2) is 4.79 Å². The highest BCUT2D eigenvalue weighted by Gasteiger charge is 2.35. The van der Waals surface area contributed by atoms with Crippen LogP contribution in [-0.4, -0.2) is 5.97 Å². The molecule has 0 aromatic heterocycles. The van der Waals surface area contributed by atoms with Crippen molar-refractivity contribution < 1.29 is 9.53 Å². The zero-order chi connectivity index (χ0) is 9.26. The molecule has 2 atom stereocenters. The van der Waals surface area contributed by atoms with Crippen molar-refractivity contribution in [3.63, 3.8) is 0 Å². The van der Waals surface area contributed by atoms with Crippen LogP contribution < -0.4 is 0 Å². The van der Waals surface area contributed by atoms with Crippen molar-refractivity contribution in [2.24, 2.45) is 11.8 Å². The molecule has 2 heteroatoms. The van der Waals surface area contributed by atoms with E-state index in [-0.39, 0.29) is 5.97 Å². The van der Waals surface area contributed by atoms with Crippen LogP contribution in [0.2, 0.25) is 0 Å². The predicted molar refractivity (Wildman–Crippen MR) is 49.8 cm³/mol. The molecule has 2 nitrogen and oxygen atoms in total. The fourth-order valence-corrected chi connectivity index (χ4v) is 2.42. The molecule has 0 aliphatic heterocycles. The summed E-state index contributed by atoms with van der Waals surface area (Å²) in [7, 11) is 0. The van der Waals surface area contributed by atoms with E-state index in [1.807, 2.05) is 0 Å². The zero-order valence-electron chi connectivity index (χ0n) is 7.66. The van der Waals surface area contributed by atoms with Crippen LogP contribution in [0.4, 0.5) is 0 Å². The molecule has 2 unspecified atom stereocenters. The first-order chi connectivity index (χ1) is 6.29. The Morgan fingerprint density at radius 3 is 2.92 bits per heavy atom. The smallest absolute Gasteiger partial charge is 0.334 e. The van der Waals surface area contributed by atoms with Gasteiger partial charge in [0.2, 0.25) is 0 Å². The summed E-state index contributed by atoms with van der Waals surface area (Å²) >= 11 is 0. The van der Waals surface area contributed by atoms with Gasteiger partial charge in [0.1, 0.15) is 0 Å². The summed E-state index contributed by atoms with van der Waals surface area (Å²) in [5.74, 6) is 1.21. The third kappa shape index (κ3) is 1.67. The second-order valence-electron chi connectivity index (χ2n) is 3.91. The Hall–Kier alpha value is -1.05. The number of allylic oxidation sites excluding steroid dienone is 1. The standard InChI is InChI=1S/C11H14O2/c1-2-11(12)13-7-10-6-8-3-4-9(10)5-8/h2,7-9H,1,3-6H2. The molecule has 0 heterocycles. The average molecular weight is 178 g/mol. The minimum Gasteiger partial charge on any atom is -0.431 e. The third-order valence-corrected chi connectivity index (χ3v) is 3.08. The van der Waals surface area contributed by atoms with Gasteiger partial charge in [0, 0.05) is 6.08 Å². The first-order valence-electron chi connectivity index (χ1n) is 4.81. The molecule has 0 radical (unpaired) electrons. The molecule has 13 heavy (non-hydrogen) atoms. The lowest BCUT2D eigenvalue weighted by atomic mass is 9.96. The maximum Gasteiger partial charge on any atom is 0.334 e. The van der Waals surface area contributed by atoms with Crippen molar-refractivity contribution in [2.45, 2.75) is 25.7 Å². The summed E-state index contributed by atoms with van der Waals surface area (Å²) in [6, 6.07) is 0. The van der Waals surface area contributed by atoms with Gasteiger partial charge < -0.3 is 4.74 Å². The van der Waals surface area contributed by atoms with E-state index in [1.165, 1.54) is 30.9 Å². The van der Waals surface area contributed by atoms with Crippen molar-refractivity contribution in [1.82, 2.24) is 0 Å². The lowest BCUT2D eigenvalue weighted by molar-refractivity contribution is -0.132. The Morgan fingerprint density at radius 2 is 2.38 bits per heavy atom. The average Bonchev–Trinajstić information content (AvgIpc) is 2.74. The highest BCUT2D eigenvalue weighted by molar-refractivity contribution is 5.81. The number of hydrogen-bond acceptors (Lipinski definition) is 2. The van der Waals surface area contributed by atoms with E-state index in [0.717, 1.165) is 12.3 Å². The molecule has 2 saturated carbocycles. The number of ether oxygens (including phenoxy) is 1. The first kappa shape index (κ1) is 8.54. The van der Waals surface area contributed by atoms with E-state index in [2.05, 4.69) is 6.58 Å². The molecule has 0 spiro atoms. The second-order valence-corrected chi connectivity index (χ2v) is 3.91. The van der Waals surface area contributed by atoms with E-state index in [1.54, 1.807) is 6.26 Å².